The molecule has 12 rings (SSSR count). The Bertz CT molecular complexity index is 2930. The van der Waals surface area contributed by atoms with Crippen molar-refractivity contribution in [3.8, 4) is 0 Å². The predicted molar refractivity (Wildman–Crippen MR) is 213 cm³/mol. The van der Waals surface area contributed by atoms with Gasteiger partial charge in [0.25, 0.3) is 0 Å². The summed E-state index contributed by atoms with van der Waals surface area (Å²) in [5.41, 5.74) is 17.1. The molecule has 0 spiro atoms. The van der Waals surface area contributed by atoms with E-state index in [2.05, 4.69) is 145 Å². The van der Waals surface area contributed by atoms with E-state index in [1.807, 2.05) is 0 Å². The summed E-state index contributed by atoms with van der Waals surface area (Å²) in [6.45, 7) is 7.20. The molecule has 4 aromatic carbocycles. The maximum Gasteiger partial charge on any atom is 0.219 e. The molecule has 246 valence electrons. The molecule has 8 aromatic rings. The summed E-state index contributed by atoms with van der Waals surface area (Å²) in [6, 6.07) is 35.4. The van der Waals surface area contributed by atoms with E-state index in [0.717, 1.165) is 18.8 Å². The van der Waals surface area contributed by atoms with Gasteiger partial charge in [-0.05, 0) is 115 Å². The molecule has 0 saturated heterocycles. The second kappa shape index (κ2) is 9.98. The van der Waals surface area contributed by atoms with Gasteiger partial charge in [0, 0.05) is 39.2 Å². The quantitative estimate of drug-likeness (QED) is 0.129. The predicted octanol–water partition coefficient (Wildman–Crippen LogP) is 12.1. The van der Waals surface area contributed by atoms with Crippen LogP contribution >= 0.6 is 0 Å². The fourth-order valence-electron chi connectivity index (χ4n) is 11.5. The number of benzene rings is 4. The van der Waals surface area contributed by atoms with Crippen LogP contribution in [0.3, 0.4) is 0 Å². The zero-order valence-electron chi connectivity index (χ0n) is 29.6. The number of para-hydroxylation sites is 2. The van der Waals surface area contributed by atoms with Gasteiger partial charge in [-0.3, -0.25) is 0 Å². The van der Waals surface area contributed by atoms with Crippen LogP contribution in [0.15, 0.2) is 121 Å². The van der Waals surface area contributed by atoms with Crippen LogP contribution in [-0.2, 0) is 0 Å². The second-order valence-electron chi connectivity index (χ2n) is 16.2. The zero-order chi connectivity index (χ0) is 33.7. The van der Waals surface area contributed by atoms with Crippen LogP contribution in [0.4, 0.5) is 0 Å². The third kappa shape index (κ3) is 3.66. The molecule has 51 heavy (non-hydrogen) atoms. The lowest BCUT2D eigenvalue weighted by atomic mass is 9.78. The molecule has 5 atom stereocenters. The summed E-state index contributed by atoms with van der Waals surface area (Å²) in [5.74, 6) is 2.97. The van der Waals surface area contributed by atoms with E-state index in [9.17, 15) is 0 Å². The fourth-order valence-corrected chi connectivity index (χ4v) is 11.5. The summed E-state index contributed by atoms with van der Waals surface area (Å²) in [6.07, 6.45) is 14.7. The van der Waals surface area contributed by atoms with Gasteiger partial charge in [0.2, 0.25) is 5.52 Å². The Labute approximate surface area is 298 Å². The van der Waals surface area contributed by atoms with E-state index < -0.39 is 0 Å². The molecule has 0 aliphatic heterocycles. The Hall–Kier alpha value is -5.21. The topological polar surface area (TPSA) is 8.51 Å². The number of pyridine rings is 2. The number of allylic oxidation sites excluding steroid dienone is 6. The van der Waals surface area contributed by atoms with Gasteiger partial charge in [0.15, 0.2) is 11.9 Å². The average molecular weight is 658 g/mol. The van der Waals surface area contributed by atoms with Crippen molar-refractivity contribution in [3.05, 3.63) is 149 Å². The number of aromatic nitrogens is 2. The largest absolute Gasteiger partial charge is 0.308 e. The first-order chi connectivity index (χ1) is 25.1. The SMILES string of the molecule is CC1=C(c2c[n+]3c(C4C(C)c5ccccc5C5=CCCC6C5C64)cc4cc5c(cc4c3cc2C)c2cccc3c4ccccc4n5c32)C=CCC1. The van der Waals surface area contributed by atoms with Crippen molar-refractivity contribution < 1.29 is 4.40 Å². The van der Waals surface area contributed by atoms with Gasteiger partial charge in [0.1, 0.15) is 0 Å². The van der Waals surface area contributed by atoms with E-state index in [1.165, 1.54) is 106 Å². The van der Waals surface area contributed by atoms with Crippen LogP contribution in [0, 0.1) is 24.7 Å². The number of hydrogen-bond donors (Lipinski definition) is 0. The van der Waals surface area contributed by atoms with Crippen molar-refractivity contribution in [3.63, 3.8) is 0 Å². The highest BCUT2D eigenvalue weighted by Gasteiger charge is 2.61. The molecular weight excluding hydrogens is 617 g/mol. The summed E-state index contributed by atoms with van der Waals surface area (Å²) in [5, 5.41) is 8.08. The van der Waals surface area contributed by atoms with Crippen LogP contribution in [0.5, 0.6) is 0 Å². The summed E-state index contributed by atoms with van der Waals surface area (Å²) in [4.78, 5) is 0. The van der Waals surface area contributed by atoms with Crippen LogP contribution in [0.2, 0.25) is 0 Å². The number of hydrogen-bond acceptors (Lipinski definition) is 0. The summed E-state index contributed by atoms with van der Waals surface area (Å²) in [7, 11) is 0. The minimum absolute atomic E-state index is 0.419. The fraction of sp³-hybridized carbons (Fsp3) is 0.245. The molecule has 0 bridgehead atoms. The van der Waals surface area contributed by atoms with E-state index >= 15 is 0 Å². The third-order valence-corrected chi connectivity index (χ3v) is 13.8. The molecular formula is C49H41N2+. The van der Waals surface area contributed by atoms with Crippen LogP contribution in [-0.4, -0.2) is 4.40 Å². The summed E-state index contributed by atoms with van der Waals surface area (Å²) < 4.78 is 5.20. The van der Waals surface area contributed by atoms with Gasteiger partial charge in [-0.15, -0.1) is 0 Å². The van der Waals surface area contributed by atoms with E-state index in [4.69, 9.17) is 0 Å². The van der Waals surface area contributed by atoms with Gasteiger partial charge in [0.05, 0.1) is 27.9 Å². The van der Waals surface area contributed by atoms with Crippen molar-refractivity contribution >= 4 is 65.5 Å². The first-order valence-electron chi connectivity index (χ1n) is 19.2. The second-order valence-corrected chi connectivity index (χ2v) is 16.2. The minimum Gasteiger partial charge on any atom is -0.308 e. The van der Waals surface area contributed by atoms with Crippen LogP contribution in [0.1, 0.15) is 79.3 Å². The molecule has 0 N–H and O–H groups in total. The summed E-state index contributed by atoms with van der Waals surface area (Å²) >= 11 is 0. The van der Waals surface area contributed by atoms with Gasteiger partial charge in [-0.1, -0.05) is 91.4 Å². The molecule has 2 nitrogen and oxygen atoms in total. The Morgan fingerprint density at radius 2 is 1.55 bits per heavy atom. The maximum atomic E-state index is 2.66. The molecule has 1 fully saturated rings. The average Bonchev–Trinajstić information content (AvgIpc) is 3.69. The lowest BCUT2D eigenvalue weighted by molar-refractivity contribution is -0.523. The van der Waals surface area contributed by atoms with Crippen molar-refractivity contribution in [2.24, 2.45) is 17.8 Å². The lowest BCUT2D eigenvalue weighted by Crippen LogP contribution is -2.33. The molecule has 0 radical (unpaired) electrons. The molecule has 2 heteroatoms. The Morgan fingerprint density at radius 1 is 0.725 bits per heavy atom. The Morgan fingerprint density at radius 3 is 2.45 bits per heavy atom. The Balaban J connectivity index is 1.21. The van der Waals surface area contributed by atoms with Crippen LogP contribution < -0.4 is 4.40 Å². The first-order valence-corrected chi connectivity index (χ1v) is 19.2. The van der Waals surface area contributed by atoms with E-state index in [0.29, 0.717) is 23.7 Å². The maximum absolute atomic E-state index is 2.66. The van der Waals surface area contributed by atoms with E-state index in [1.54, 1.807) is 5.57 Å². The van der Waals surface area contributed by atoms with E-state index in [-0.39, 0.29) is 0 Å². The van der Waals surface area contributed by atoms with Gasteiger partial charge >= 0.3 is 0 Å². The monoisotopic (exact) mass is 657 g/mol. The zero-order valence-corrected chi connectivity index (χ0v) is 29.6. The number of aryl methyl sites for hydroxylation is 1. The van der Waals surface area contributed by atoms with Crippen LogP contribution in [0.25, 0.3) is 65.5 Å². The van der Waals surface area contributed by atoms with Crippen molar-refractivity contribution in [2.45, 2.75) is 58.3 Å². The van der Waals surface area contributed by atoms with Crippen molar-refractivity contribution in [1.29, 1.82) is 0 Å². The highest BCUT2D eigenvalue weighted by Crippen LogP contribution is 2.68. The van der Waals surface area contributed by atoms with Crippen molar-refractivity contribution in [1.82, 2.24) is 4.40 Å². The highest BCUT2D eigenvalue weighted by molar-refractivity contribution is 6.25. The molecule has 1 saturated carbocycles. The minimum atomic E-state index is 0.419. The molecule has 4 heterocycles. The van der Waals surface area contributed by atoms with Gasteiger partial charge in [-0.25, -0.2) is 0 Å². The smallest absolute Gasteiger partial charge is 0.219 e. The molecule has 4 aliphatic carbocycles. The third-order valence-electron chi connectivity index (χ3n) is 13.8. The number of nitrogens with zero attached hydrogens (tertiary/aromatic N) is 2. The van der Waals surface area contributed by atoms with Gasteiger partial charge in [-0.2, -0.15) is 4.40 Å². The Kier molecular flexibility index (Phi) is 5.57. The van der Waals surface area contributed by atoms with Crippen molar-refractivity contribution in [2.75, 3.05) is 0 Å². The molecule has 0 amide bonds. The standard InChI is InChI=1S/C49H41N2/c1-27-12-4-5-13-31(27)41-26-50-43(22-28(41)2)39-25-40-37-19-11-18-36-34-16-8-9-21-42(34)51(49(36)37)44(40)23-30(39)24-45(50)46-29(3)32-14-6-7-15-33(32)35-17-10-20-38-47(35)48(38)46/h5-9,11,13-19,21-26,29,38,46-48H,4,10,12,20H2,1-3H3/q+1. The van der Waals surface area contributed by atoms with Gasteiger partial charge < -0.3 is 4.40 Å². The highest BCUT2D eigenvalue weighted by atomic mass is 14.9. The molecule has 4 aromatic heterocycles. The first kappa shape index (κ1) is 28.5. The number of rotatable bonds is 2. The normalized spacial score (nSPS) is 24.2. The number of fused-ring (bicyclic) bond motifs is 12. The molecule has 4 aliphatic rings. The lowest BCUT2D eigenvalue weighted by Gasteiger charge is -2.25. The molecule has 5 unspecified atom stereocenters.